The van der Waals surface area contributed by atoms with E-state index in [2.05, 4.69) is 0 Å². The number of hydrogen-bond donors (Lipinski definition) is 0. The van der Waals surface area contributed by atoms with Gasteiger partial charge in [-0.2, -0.15) is 0 Å². The molecule has 1 amide bonds. The highest BCUT2D eigenvalue weighted by molar-refractivity contribution is 8.00. The smallest absolute Gasteiger partial charge is 0.264 e. The zero-order valence-corrected chi connectivity index (χ0v) is 16.5. The fourth-order valence-electron chi connectivity index (χ4n) is 2.99. The van der Waals surface area contributed by atoms with Crippen molar-refractivity contribution >= 4 is 33.4 Å². The molecule has 26 heavy (non-hydrogen) atoms. The van der Waals surface area contributed by atoms with Gasteiger partial charge >= 0.3 is 0 Å². The van der Waals surface area contributed by atoms with Gasteiger partial charge in [0.25, 0.3) is 15.9 Å². The number of rotatable bonds is 5. The van der Waals surface area contributed by atoms with E-state index in [0.717, 1.165) is 4.90 Å². The molecule has 7 heteroatoms. The lowest BCUT2D eigenvalue weighted by atomic mass is 10.1. The van der Waals surface area contributed by atoms with Gasteiger partial charge in [0.15, 0.2) is 0 Å². The van der Waals surface area contributed by atoms with Gasteiger partial charge in [-0.1, -0.05) is 18.2 Å². The number of amides is 1. The summed E-state index contributed by atoms with van der Waals surface area (Å²) < 4.78 is 27.6. The molecule has 0 saturated heterocycles. The molecule has 0 radical (unpaired) electrons. The average Bonchev–Trinajstić information content (AvgIpc) is 2.68. The third kappa shape index (κ3) is 3.46. The summed E-state index contributed by atoms with van der Waals surface area (Å²) in [5.41, 5.74) is 1.10. The Bertz CT molecular complexity index is 894. The summed E-state index contributed by atoms with van der Waals surface area (Å²) in [7, 11) is -3.65. The molecule has 5 nitrogen and oxygen atoms in total. The summed E-state index contributed by atoms with van der Waals surface area (Å²) in [6, 6.07) is 13.8. The van der Waals surface area contributed by atoms with Crippen LogP contribution in [-0.2, 0) is 10.0 Å². The molecule has 1 aliphatic heterocycles. The Morgan fingerprint density at radius 3 is 2.46 bits per heavy atom. The van der Waals surface area contributed by atoms with Crippen molar-refractivity contribution in [3.8, 4) is 0 Å². The van der Waals surface area contributed by atoms with E-state index in [1.54, 1.807) is 59.1 Å². The van der Waals surface area contributed by atoms with Crippen molar-refractivity contribution in [2.45, 2.75) is 23.6 Å². The van der Waals surface area contributed by atoms with E-state index in [0.29, 0.717) is 36.6 Å². The number of sulfonamides is 1. The highest BCUT2D eigenvalue weighted by Crippen LogP contribution is 2.38. The standard InChI is InChI=1S/C19H22N2O3S2/c1-3-20(4-2)19(22)15-10-11-18-17(14-15)21(12-13-25-18)26(23,24)16-8-6-5-7-9-16/h5-11,14H,3-4,12-13H2,1-2H3. The van der Waals surface area contributed by atoms with Crippen molar-refractivity contribution in [2.24, 2.45) is 0 Å². The summed E-state index contributed by atoms with van der Waals surface area (Å²) in [5, 5.41) is 0. The van der Waals surface area contributed by atoms with Crippen molar-refractivity contribution < 1.29 is 13.2 Å². The number of anilines is 1. The number of fused-ring (bicyclic) bond motifs is 1. The first-order valence-electron chi connectivity index (χ1n) is 8.63. The predicted octanol–water partition coefficient (Wildman–Crippen LogP) is 3.47. The second-order valence-corrected chi connectivity index (χ2v) is 8.90. The number of benzene rings is 2. The number of carbonyl (C=O) groups is 1. The lowest BCUT2D eigenvalue weighted by Gasteiger charge is -2.30. The Balaban J connectivity index is 2.04. The van der Waals surface area contributed by atoms with Crippen molar-refractivity contribution in [3.05, 3.63) is 54.1 Å². The van der Waals surface area contributed by atoms with Crippen LogP contribution in [-0.4, -0.2) is 44.6 Å². The Hall–Kier alpha value is -1.99. The summed E-state index contributed by atoms with van der Waals surface area (Å²) >= 11 is 1.61. The number of carbonyl (C=O) groups excluding carboxylic acids is 1. The van der Waals surface area contributed by atoms with Crippen LogP contribution in [0.1, 0.15) is 24.2 Å². The molecule has 0 unspecified atom stereocenters. The van der Waals surface area contributed by atoms with Crippen LogP contribution in [0, 0.1) is 0 Å². The lowest BCUT2D eigenvalue weighted by molar-refractivity contribution is 0.0773. The first-order chi connectivity index (χ1) is 12.5. The van der Waals surface area contributed by atoms with E-state index in [1.165, 1.54) is 4.31 Å². The van der Waals surface area contributed by atoms with Gasteiger partial charge in [-0.3, -0.25) is 9.10 Å². The van der Waals surface area contributed by atoms with Crippen LogP contribution in [0.2, 0.25) is 0 Å². The molecule has 2 aromatic carbocycles. The average molecular weight is 391 g/mol. The van der Waals surface area contributed by atoms with Gasteiger partial charge in [-0.25, -0.2) is 8.42 Å². The molecule has 138 valence electrons. The molecule has 0 saturated carbocycles. The van der Waals surface area contributed by atoms with E-state index in [4.69, 9.17) is 0 Å². The summed E-state index contributed by atoms with van der Waals surface area (Å²) in [5.74, 6) is 0.605. The van der Waals surface area contributed by atoms with Gasteiger partial charge in [0.1, 0.15) is 0 Å². The number of hydrogen-bond acceptors (Lipinski definition) is 4. The molecule has 0 aliphatic carbocycles. The van der Waals surface area contributed by atoms with Gasteiger partial charge in [0.2, 0.25) is 0 Å². The second-order valence-electron chi connectivity index (χ2n) is 5.90. The van der Waals surface area contributed by atoms with Gasteiger partial charge in [-0.15, -0.1) is 11.8 Å². The maximum atomic E-state index is 13.1. The Morgan fingerprint density at radius 1 is 1.12 bits per heavy atom. The molecular weight excluding hydrogens is 368 g/mol. The minimum Gasteiger partial charge on any atom is -0.339 e. The molecule has 1 aliphatic rings. The molecular formula is C19H22N2O3S2. The van der Waals surface area contributed by atoms with Gasteiger partial charge in [0, 0.05) is 35.8 Å². The van der Waals surface area contributed by atoms with Crippen molar-refractivity contribution in [2.75, 3.05) is 29.7 Å². The molecule has 0 fully saturated rings. The van der Waals surface area contributed by atoms with Crippen molar-refractivity contribution in [1.29, 1.82) is 0 Å². The van der Waals surface area contributed by atoms with Gasteiger partial charge < -0.3 is 4.90 Å². The van der Waals surface area contributed by atoms with Crippen LogP contribution >= 0.6 is 11.8 Å². The van der Waals surface area contributed by atoms with Crippen LogP contribution in [0.25, 0.3) is 0 Å². The quantitative estimate of drug-likeness (QED) is 0.784. The fourth-order valence-corrected chi connectivity index (χ4v) is 5.63. The second kappa shape index (κ2) is 7.72. The molecule has 0 atom stereocenters. The molecule has 0 bridgehead atoms. The summed E-state index contributed by atoms with van der Waals surface area (Å²) in [4.78, 5) is 15.5. The highest BCUT2D eigenvalue weighted by atomic mass is 32.2. The van der Waals surface area contributed by atoms with E-state index < -0.39 is 10.0 Å². The van der Waals surface area contributed by atoms with E-state index in [9.17, 15) is 13.2 Å². The van der Waals surface area contributed by atoms with Crippen LogP contribution in [0.5, 0.6) is 0 Å². The minimum atomic E-state index is -3.65. The lowest BCUT2D eigenvalue weighted by Crippen LogP contribution is -2.36. The maximum Gasteiger partial charge on any atom is 0.264 e. The molecule has 0 aromatic heterocycles. The van der Waals surface area contributed by atoms with Crippen LogP contribution in [0.15, 0.2) is 58.3 Å². The molecule has 2 aromatic rings. The third-order valence-electron chi connectivity index (χ3n) is 4.41. The Kier molecular flexibility index (Phi) is 5.58. The zero-order valence-electron chi connectivity index (χ0n) is 14.9. The van der Waals surface area contributed by atoms with E-state index >= 15 is 0 Å². The van der Waals surface area contributed by atoms with Crippen LogP contribution in [0.4, 0.5) is 5.69 Å². The largest absolute Gasteiger partial charge is 0.339 e. The molecule has 0 N–H and O–H groups in total. The van der Waals surface area contributed by atoms with Crippen molar-refractivity contribution in [3.63, 3.8) is 0 Å². The topological polar surface area (TPSA) is 57.7 Å². The normalized spacial score (nSPS) is 14.0. The van der Waals surface area contributed by atoms with E-state index in [-0.39, 0.29) is 10.8 Å². The van der Waals surface area contributed by atoms with Crippen LogP contribution in [0.3, 0.4) is 0 Å². The van der Waals surface area contributed by atoms with Gasteiger partial charge in [-0.05, 0) is 44.2 Å². The maximum absolute atomic E-state index is 13.1. The SMILES string of the molecule is CCN(CC)C(=O)c1ccc2c(c1)N(S(=O)(=O)c1ccccc1)CCS2. The first-order valence-corrected chi connectivity index (χ1v) is 11.1. The Labute approximate surface area is 159 Å². The summed E-state index contributed by atoms with van der Waals surface area (Å²) in [6.07, 6.45) is 0. The minimum absolute atomic E-state index is 0.0783. The third-order valence-corrected chi connectivity index (χ3v) is 7.28. The van der Waals surface area contributed by atoms with Crippen LogP contribution < -0.4 is 4.31 Å². The molecule has 3 rings (SSSR count). The summed E-state index contributed by atoms with van der Waals surface area (Å²) in [6.45, 7) is 5.49. The Morgan fingerprint density at radius 2 is 1.81 bits per heavy atom. The fraction of sp³-hybridized carbons (Fsp3) is 0.316. The molecule has 1 heterocycles. The highest BCUT2D eigenvalue weighted by Gasteiger charge is 2.30. The first kappa shape index (κ1) is 18.8. The zero-order chi connectivity index (χ0) is 18.7. The van der Waals surface area contributed by atoms with Crippen molar-refractivity contribution in [1.82, 2.24) is 4.90 Å². The molecule has 0 spiro atoms. The van der Waals surface area contributed by atoms with E-state index in [1.807, 2.05) is 19.9 Å². The van der Waals surface area contributed by atoms with Gasteiger partial charge in [0.05, 0.1) is 10.6 Å². The predicted molar refractivity (Wildman–Crippen MR) is 105 cm³/mol. The monoisotopic (exact) mass is 390 g/mol. The number of nitrogens with zero attached hydrogens (tertiary/aromatic N) is 2. The number of thioether (sulfide) groups is 1.